The number of β-lactam (4-membered cyclic amide) rings is 1. The minimum atomic E-state index is -1.20. The normalized spacial score (nSPS) is 18.6. The number of benzene rings is 2. The van der Waals surface area contributed by atoms with Crippen LogP contribution >= 0.6 is 23.5 Å². The first-order valence-electron chi connectivity index (χ1n) is 12.1. The molecule has 2 aliphatic rings. The van der Waals surface area contributed by atoms with Crippen LogP contribution in [0, 0.1) is 0 Å². The molecule has 0 saturated carbocycles. The highest BCUT2D eigenvalue weighted by atomic mass is 32.2. The molecule has 5 rings (SSSR count). The Morgan fingerprint density at radius 1 is 1.05 bits per heavy atom. The molecule has 9 nitrogen and oxygen atoms in total. The average Bonchev–Trinajstić information content (AvgIpc) is 3.41. The lowest BCUT2D eigenvalue weighted by Gasteiger charge is -2.49. The predicted octanol–water partition coefficient (Wildman–Crippen LogP) is 3.41. The maximum Gasteiger partial charge on any atom is 0.353 e. The lowest BCUT2D eigenvalue weighted by atomic mass is 10.0. The van der Waals surface area contributed by atoms with Gasteiger partial charge in [-0.1, -0.05) is 72.4 Å². The fourth-order valence-electron chi connectivity index (χ4n) is 4.29. The zero-order chi connectivity index (χ0) is 27.4. The van der Waals surface area contributed by atoms with E-state index >= 15 is 0 Å². The number of rotatable bonds is 9. The van der Waals surface area contributed by atoms with Crippen molar-refractivity contribution < 1.29 is 24.3 Å². The summed E-state index contributed by atoms with van der Waals surface area (Å²) in [7, 11) is 0. The van der Waals surface area contributed by atoms with Gasteiger partial charge in [0.15, 0.2) is 0 Å². The first-order chi connectivity index (χ1) is 18.9. The summed E-state index contributed by atoms with van der Waals surface area (Å²) in [6.07, 6.45) is 5.27. The number of thioether (sulfide) groups is 2. The third-order valence-corrected chi connectivity index (χ3v) is 8.54. The molecule has 1 aromatic heterocycles. The molecule has 2 aromatic carbocycles. The Bertz CT molecular complexity index is 1470. The van der Waals surface area contributed by atoms with Crippen molar-refractivity contribution in [1.29, 1.82) is 0 Å². The highest BCUT2D eigenvalue weighted by Gasteiger charge is 2.54. The van der Waals surface area contributed by atoms with Crippen molar-refractivity contribution in [3.8, 4) is 0 Å². The first kappa shape index (κ1) is 26.5. The Labute approximate surface area is 233 Å². The summed E-state index contributed by atoms with van der Waals surface area (Å²) >= 11 is 2.61. The van der Waals surface area contributed by atoms with E-state index in [4.69, 9.17) is 0 Å². The Kier molecular flexibility index (Phi) is 7.99. The lowest BCUT2D eigenvalue weighted by Crippen LogP contribution is -2.70. The van der Waals surface area contributed by atoms with Gasteiger partial charge < -0.3 is 10.4 Å². The zero-order valence-electron chi connectivity index (χ0n) is 20.6. The van der Waals surface area contributed by atoms with Crippen LogP contribution in [0.1, 0.15) is 21.5 Å². The van der Waals surface area contributed by atoms with Crippen LogP contribution < -0.4 is 5.32 Å². The van der Waals surface area contributed by atoms with E-state index in [-0.39, 0.29) is 30.4 Å². The van der Waals surface area contributed by atoms with E-state index in [9.17, 15) is 24.3 Å². The fraction of sp³-hybridized carbons (Fsp3) is 0.179. The van der Waals surface area contributed by atoms with Gasteiger partial charge in [0.05, 0.1) is 19.0 Å². The first-order valence-corrected chi connectivity index (χ1v) is 14.0. The Morgan fingerprint density at radius 2 is 1.72 bits per heavy atom. The van der Waals surface area contributed by atoms with Gasteiger partial charge in [0.1, 0.15) is 17.1 Å². The number of carbonyl (C=O) groups excluding carboxylic acids is 3. The van der Waals surface area contributed by atoms with Crippen molar-refractivity contribution in [2.45, 2.75) is 24.3 Å². The van der Waals surface area contributed by atoms with Crippen LogP contribution in [0.2, 0.25) is 0 Å². The molecule has 0 unspecified atom stereocenters. The summed E-state index contributed by atoms with van der Waals surface area (Å²) in [4.78, 5) is 51.7. The topological polar surface area (TPSA) is 122 Å². The second-order valence-electron chi connectivity index (χ2n) is 8.89. The molecule has 0 bridgehead atoms. The molecule has 0 radical (unpaired) electrons. The summed E-state index contributed by atoms with van der Waals surface area (Å²) in [6.45, 7) is 0. The number of carboxylic acids is 1. The number of fused-ring (bicyclic) bond motifs is 1. The van der Waals surface area contributed by atoms with Gasteiger partial charge in [-0.05, 0) is 22.6 Å². The number of aromatic nitrogens is 2. The van der Waals surface area contributed by atoms with Crippen molar-refractivity contribution in [2.75, 3.05) is 5.75 Å². The maximum atomic E-state index is 12.9. The van der Waals surface area contributed by atoms with E-state index in [1.807, 2.05) is 60.7 Å². The second kappa shape index (κ2) is 11.7. The predicted molar refractivity (Wildman–Crippen MR) is 149 cm³/mol. The molecule has 1 saturated heterocycles. The second-order valence-corrected chi connectivity index (χ2v) is 11.0. The molecule has 39 heavy (non-hydrogen) atoms. The van der Waals surface area contributed by atoms with Gasteiger partial charge in [0, 0.05) is 22.4 Å². The van der Waals surface area contributed by atoms with Gasteiger partial charge in [0.2, 0.25) is 5.91 Å². The summed E-state index contributed by atoms with van der Waals surface area (Å²) < 4.78 is 1.28. The molecular formula is C28H24N4O5S2. The molecular weight excluding hydrogens is 536 g/mol. The standard InChI is InChI=1S/C28H24N4O5S2/c33-22(13-18-7-3-1-4-8-18)30-24-26(35)32-25(28(36)37)21(17-39-27(24)32)38-12-11-20-15-29-31(16-20)23(34)14-19-9-5-2-6-10-19/h1-12,15-16,24,27H,13-14,17H2,(H,30,33)(H,36,37)/b12-11+/t24-,27+/m1/s1. The molecule has 2 aliphatic heterocycles. The van der Waals surface area contributed by atoms with E-state index in [1.54, 1.807) is 23.9 Å². The van der Waals surface area contributed by atoms with E-state index < -0.39 is 23.3 Å². The molecule has 1 fully saturated rings. The van der Waals surface area contributed by atoms with E-state index in [1.165, 1.54) is 33.1 Å². The molecule has 3 heterocycles. The third-order valence-electron chi connectivity index (χ3n) is 6.19. The smallest absolute Gasteiger partial charge is 0.353 e. The van der Waals surface area contributed by atoms with Crippen LogP contribution in [0.15, 0.2) is 89.1 Å². The van der Waals surface area contributed by atoms with E-state index in [0.29, 0.717) is 16.2 Å². The number of nitrogens with zero attached hydrogens (tertiary/aromatic N) is 3. The minimum Gasteiger partial charge on any atom is -0.477 e. The third kappa shape index (κ3) is 5.99. The number of hydrogen-bond donors (Lipinski definition) is 2. The van der Waals surface area contributed by atoms with Gasteiger partial charge in [-0.3, -0.25) is 19.3 Å². The Morgan fingerprint density at radius 3 is 2.38 bits per heavy atom. The van der Waals surface area contributed by atoms with E-state index in [0.717, 1.165) is 11.1 Å². The summed E-state index contributed by atoms with van der Waals surface area (Å²) in [5, 5.41) is 18.0. The number of amides is 2. The largest absolute Gasteiger partial charge is 0.477 e. The molecule has 198 valence electrons. The van der Waals surface area contributed by atoms with Crippen LogP contribution in [-0.4, -0.2) is 60.6 Å². The van der Waals surface area contributed by atoms with Crippen LogP contribution in [-0.2, 0) is 27.2 Å². The van der Waals surface area contributed by atoms with Crippen LogP contribution in [0.25, 0.3) is 6.08 Å². The summed E-state index contributed by atoms with van der Waals surface area (Å²) in [6, 6.07) is 17.8. The highest BCUT2D eigenvalue weighted by Crippen LogP contribution is 2.43. The quantitative estimate of drug-likeness (QED) is 0.382. The lowest BCUT2D eigenvalue weighted by molar-refractivity contribution is -0.150. The molecule has 2 amide bonds. The summed E-state index contributed by atoms with van der Waals surface area (Å²) in [5.74, 6) is -1.71. The van der Waals surface area contributed by atoms with Gasteiger partial charge in [-0.2, -0.15) is 5.10 Å². The highest BCUT2D eigenvalue weighted by molar-refractivity contribution is 8.08. The molecule has 11 heteroatoms. The average molecular weight is 561 g/mol. The molecule has 0 aliphatic carbocycles. The molecule has 2 N–H and O–H groups in total. The number of carbonyl (C=O) groups is 4. The van der Waals surface area contributed by atoms with Crippen molar-refractivity contribution in [2.24, 2.45) is 0 Å². The zero-order valence-corrected chi connectivity index (χ0v) is 22.2. The number of carboxylic acid groups (broad SMARTS) is 1. The number of aliphatic carboxylic acids is 1. The summed E-state index contributed by atoms with van der Waals surface area (Å²) in [5.41, 5.74) is 2.34. The van der Waals surface area contributed by atoms with Crippen LogP contribution in [0.3, 0.4) is 0 Å². The fourth-order valence-corrected chi connectivity index (χ4v) is 6.65. The molecule has 3 aromatic rings. The van der Waals surface area contributed by atoms with Crippen LogP contribution in [0.4, 0.5) is 0 Å². The van der Waals surface area contributed by atoms with Gasteiger partial charge in [-0.15, -0.1) is 11.8 Å². The SMILES string of the molecule is O=C(Cc1ccccc1)N[C@@H]1C(=O)N2C(C(=O)O)=C(S/C=C/c3cnn(C(=O)Cc4ccccc4)c3)CS[C@@H]12. The Hall–Kier alpha value is -4.09. The number of nitrogens with one attached hydrogen (secondary N) is 1. The van der Waals surface area contributed by atoms with Crippen molar-refractivity contribution >= 4 is 53.3 Å². The molecule has 2 atom stereocenters. The number of hydrogen-bond acceptors (Lipinski definition) is 7. The maximum absolute atomic E-state index is 12.9. The van der Waals surface area contributed by atoms with Crippen molar-refractivity contribution in [3.63, 3.8) is 0 Å². The van der Waals surface area contributed by atoms with Gasteiger partial charge in [0.25, 0.3) is 11.8 Å². The van der Waals surface area contributed by atoms with Crippen molar-refractivity contribution in [3.05, 3.63) is 106 Å². The van der Waals surface area contributed by atoms with Crippen molar-refractivity contribution in [1.82, 2.24) is 20.0 Å². The van der Waals surface area contributed by atoms with Gasteiger partial charge in [-0.25, -0.2) is 9.48 Å². The monoisotopic (exact) mass is 560 g/mol. The van der Waals surface area contributed by atoms with E-state index in [2.05, 4.69) is 10.4 Å². The van der Waals surface area contributed by atoms with Gasteiger partial charge >= 0.3 is 5.97 Å². The Balaban J connectivity index is 1.20. The minimum absolute atomic E-state index is 0.0688. The molecule has 0 spiro atoms. The van der Waals surface area contributed by atoms with Crippen LogP contribution in [0.5, 0.6) is 0 Å².